The lowest BCUT2D eigenvalue weighted by Crippen LogP contribution is -2.48. The van der Waals surface area contributed by atoms with Crippen LogP contribution in [0.15, 0.2) is 48.5 Å². The van der Waals surface area contributed by atoms with E-state index in [-0.39, 0.29) is 48.1 Å². The van der Waals surface area contributed by atoms with Gasteiger partial charge in [-0.1, -0.05) is 24.3 Å². The van der Waals surface area contributed by atoms with E-state index >= 15 is 0 Å². The van der Waals surface area contributed by atoms with Crippen LogP contribution in [0.5, 0.6) is 0 Å². The number of rotatable bonds is 5. The number of nitro benzene ring substituents is 1. The minimum absolute atomic E-state index is 0. The highest BCUT2D eigenvalue weighted by Crippen LogP contribution is 2.25. The van der Waals surface area contributed by atoms with Gasteiger partial charge in [0.05, 0.1) is 11.5 Å². The summed E-state index contributed by atoms with van der Waals surface area (Å²) in [4.78, 5) is 24.9. The minimum atomic E-state index is -0.532. The van der Waals surface area contributed by atoms with E-state index in [0.717, 1.165) is 5.56 Å². The van der Waals surface area contributed by atoms with Crippen molar-refractivity contribution < 1.29 is 14.1 Å². The molecule has 0 bridgehead atoms. The highest BCUT2D eigenvalue weighted by molar-refractivity contribution is 5.94. The molecule has 1 saturated heterocycles. The van der Waals surface area contributed by atoms with Crippen LogP contribution in [0.1, 0.15) is 11.6 Å². The predicted molar refractivity (Wildman–Crippen MR) is 103 cm³/mol. The Morgan fingerprint density at radius 2 is 2.07 bits per heavy atom. The van der Waals surface area contributed by atoms with Crippen molar-refractivity contribution >= 4 is 29.7 Å². The maximum Gasteiger partial charge on any atom is 0.292 e. The van der Waals surface area contributed by atoms with Gasteiger partial charge in [0.15, 0.2) is 0 Å². The van der Waals surface area contributed by atoms with Crippen molar-refractivity contribution in [1.82, 2.24) is 10.2 Å². The van der Waals surface area contributed by atoms with E-state index in [1.54, 1.807) is 18.2 Å². The molecule has 2 aromatic carbocycles. The van der Waals surface area contributed by atoms with Gasteiger partial charge in [0.1, 0.15) is 11.5 Å². The second-order valence-corrected chi connectivity index (χ2v) is 6.07. The fraction of sp³-hybridized carbons (Fsp3) is 0.278. The van der Waals surface area contributed by atoms with Crippen LogP contribution in [-0.4, -0.2) is 41.9 Å². The van der Waals surface area contributed by atoms with Gasteiger partial charge in [0.2, 0.25) is 5.91 Å². The van der Waals surface area contributed by atoms with Crippen LogP contribution < -0.4 is 10.6 Å². The van der Waals surface area contributed by atoms with Crippen LogP contribution >= 0.6 is 12.4 Å². The fourth-order valence-corrected chi connectivity index (χ4v) is 3.09. The van der Waals surface area contributed by atoms with Gasteiger partial charge in [-0.3, -0.25) is 19.8 Å². The van der Waals surface area contributed by atoms with Crippen LogP contribution in [0, 0.1) is 15.9 Å². The van der Waals surface area contributed by atoms with E-state index in [1.807, 2.05) is 11.0 Å². The minimum Gasteiger partial charge on any atom is -0.319 e. The quantitative estimate of drug-likeness (QED) is 0.601. The predicted octanol–water partition coefficient (Wildman–Crippen LogP) is 2.74. The molecule has 0 aliphatic carbocycles. The number of amides is 1. The second kappa shape index (κ2) is 9.40. The molecule has 2 aromatic rings. The third kappa shape index (κ3) is 5.22. The van der Waals surface area contributed by atoms with Crippen LogP contribution in [0.4, 0.5) is 15.8 Å². The van der Waals surface area contributed by atoms with E-state index in [9.17, 15) is 19.3 Å². The summed E-state index contributed by atoms with van der Waals surface area (Å²) in [6.07, 6.45) is 0. The van der Waals surface area contributed by atoms with Gasteiger partial charge in [0.25, 0.3) is 5.69 Å². The van der Waals surface area contributed by atoms with E-state index in [4.69, 9.17) is 0 Å². The summed E-state index contributed by atoms with van der Waals surface area (Å²) in [6, 6.07) is 12.2. The van der Waals surface area contributed by atoms with Gasteiger partial charge >= 0.3 is 0 Å². The molecule has 1 aliphatic heterocycles. The van der Waals surface area contributed by atoms with Crippen molar-refractivity contribution in [1.29, 1.82) is 0 Å². The molecule has 27 heavy (non-hydrogen) atoms. The van der Waals surface area contributed by atoms with Gasteiger partial charge in [-0.05, 0) is 23.8 Å². The lowest BCUT2D eigenvalue weighted by atomic mass is 10.0. The monoisotopic (exact) mass is 394 g/mol. The number of piperazine rings is 1. The maximum absolute atomic E-state index is 13.5. The zero-order valence-corrected chi connectivity index (χ0v) is 15.2. The Bertz CT molecular complexity index is 821. The van der Waals surface area contributed by atoms with Gasteiger partial charge < -0.3 is 10.6 Å². The number of benzene rings is 2. The number of halogens is 2. The topological polar surface area (TPSA) is 87.5 Å². The van der Waals surface area contributed by atoms with Crippen molar-refractivity contribution in [3.05, 3.63) is 70.0 Å². The number of carbonyl (C=O) groups excluding carboxylic acids is 1. The number of hydrogen-bond donors (Lipinski definition) is 2. The van der Waals surface area contributed by atoms with Crippen LogP contribution in [-0.2, 0) is 4.79 Å². The second-order valence-electron chi connectivity index (χ2n) is 6.07. The lowest BCUT2D eigenvalue weighted by Gasteiger charge is -2.36. The third-order valence-corrected chi connectivity index (χ3v) is 4.31. The molecule has 3 rings (SSSR count). The molecule has 0 radical (unpaired) electrons. The molecule has 1 atom stereocenters. The Balaban J connectivity index is 0.00000261. The number of anilines is 1. The van der Waals surface area contributed by atoms with E-state index in [0.29, 0.717) is 19.6 Å². The third-order valence-electron chi connectivity index (χ3n) is 4.31. The molecule has 1 fully saturated rings. The first kappa shape index (κ1) is 20.8. The summed E-state index contributed by atoms with van der Waals surface area (Å²) in [5, 5.41) is 16.9. The zero-order chi connectivity index (χ0) is 18.5. The normalized spacial score (nSPS) is 17.0. The molecule has 1 unspecified atom stereocenters. The molecule has 144 valence electrons. The fourth-order valence-electron chi connectivity index (χ4n) is 3.09. The molecule has 0 aromatic heterocycles. The van der Waals surface area contributed by atoms with Crippen molar-refractivity contribution in [2.45, 2.75) is 6.04 Å². The summed E-state index contributed by atoms with van der Waals surface area (Å²) >= 11 is 0. The molecule has 0 spiro atoms. The van der Waals surface area contributed by atoms with Gasteiger partial charge in [-0.15, -0.1) is 12.4 Å². The zero-order valence-electron chi connectivity index (χ0n) is 14.4. The molecule has 1 heterocycles. The molecule has 1 aliphatic rings. The number of hydrogen-bond acceptors (Lipinski definition) is 5. The van der Waals surface area contributed by atoms with Gasteiger partial charge in [-0.2, -0.15) is 0 Å². The summed E-state index contributed by atoms with van der Waals surface area (Å²) in [5.74, 6) is -0.667. The Labute approximate surface area is 162 Å². The van der Waals surface area contributed by atoms with Gasteiger partial charge in [0, 0.05) is 31.7 Å². The Morgan fingerprint density at radius 1 is 1.30 bits per heavy atom. The van der Waals surface area contributed by atoms with Crippen molar-refractivity contribution in [3.8, 4) is 0 Å². The van der Waals surface area contributed by atoms with Crippen LogP contribution in [0.25, 0.3) is 0 Å². The van der Waals surface area contributed by atoms with E-state index in [2.05, 4.69) is 10.6 Å². The number of nitrogens with zero attached hydrogens (tertiary/aromatic N) is 2. The average Bonchev–Trinajstić information content (AvgIpc) is 2.62. The number of para-hydroxylation sites is 2. The Kier molecular flexibility index (Phi) is 7.23. The standard InChI is InChI=1S/C18H19FN4O3.ClH/c19-14-5-3-4-13(10-14)17-11-20-8-9-22(17)12-18(24)21-15-6-1-2-7-16(15)23(25)26;/h1-7,10,17,20H,8-9,11-12H2,(H,21,24);1H. The molecule has 9 heteroatoms. The van der Waals surface area contributed by atoms with Crippen molar-refractivity contribution in [3.63, 3.8) is 0 Å². The molecule has 1 amide bonds. The largest absolute Gasteiger partial charge is 0.319 e. The molecule has 0 saturated carbocycles. The smallest absolute Gasteiger partial charge is 0.292 e. The van der Waals surface area contributed by atoms with E-state index in [1.165, 1.54) is 24.3 Å². The highest BCUT2D eigenvalue weighted by atomic mass is 35.5. The van der Waals surface area contributed by atoms with Crippen molar-refractivity contribution in [2.24, 2.45) is 0 Å². The number of nitrogens with one attached hydrogen (secondary N) is 2. The van der Waals surface area contributed by atoms with Crippen LogP contribution in [0.2, 0.25) is 0 Å². The Morgan fingerprint density at radius 3 is 2.81 bits per heavy atom. The molecular formula is C18H20ClFN4O3. The van der Waals surface area contributed by atoms with Gasteiger partial charge in [-0.25, -0.2) is 4.39 Å². The highest BCUT2D eigenvalue weighted by Gasteiger charge is 2.26. The first-order valence-electron chi connectivity index (χ1n) is 8.28. The summed E-state index contributed by atoms with van der Waals surface area (Å²) < 4.78 is 13.5. The van der Waals surface area contributed by atoms with E-state index < -0.39 is 4.92 Å². The summed E-state index contributed by atoms with van der Waals surface area (Å²) in [7, 11) is 0. The number of nitro groups is 1. The number of carbonyl (C=O) groups is 1. The Hall–Kier alpha value is -2.55. The van der Waals surface area contributed by atoms with Crippen molar-refractivity contribution in [2.75, 3.05) is 31.5 Å². The molecule has 2 N–H and O–H groups in total. The molecule has 7 nitrogen and oxygen atoms in total. The molecular weight excluding hydrogens is 375 g/mol. The SMILES string of the molecule is Cl.O=C(CN1CCNCC1c1cccc(F)c1)Nc1ccccc1[N+](=O)[O-]. The summed E-state index contributed by atoms with van der Waals surface area (Å²) in [6.45, 7) is 1.99. The first-order valence-corrected chi connectivity index (χ1v) is 8.28. The average molecular weight is 395 g/mol. The summed E-state index contributed by atoms with van der Waals surface area (Å²) in [5.41, 5.74) is 0.804. The van der Waals surface area contributed by atoms with Crippen LogP contribution in [0.3, 0.4) is 0 Å². The lowest BCUT2D eigenvalue weighted by molar-refractivity contribution is -0.383. The first-order chi connectivity index (χ1) is 12.5. The maximum atomic E-state index is 13.5.